The molecule has 60 valence electrons. The number of rotatable bonds is 3. The van der Waals surface area contributed by atoms with Gasteiger partial charge in [0.05, 0.1) is 6.61 Å². The van der Waals surface area contributed by atoms with Gasteiger partial charge < -0.3 is 0 Å². The van der Waals surface area contributed by atoms with Gasteiger partial charge in [-0.3, -0.25) is 9.98 Å². The van der Waals surface area contributed by atoms with Crippen LogP contribution in [0.25, 0.3) is 0 Å². The fraction of sp³-hybridized carbons (Fsp3) is 0.143. The van der Waals surface area contributed by atoms with E-state index in [4.69, 9.17) is 11.0 Å². The summed E-state index contributed by atoms with van der Waals surface area (Å²) in [6.07, 6.45) is 0. The highest BCUT2D eigenvalue weighted by molar-refractivity contribution is 7.97. The third-order valence-corrected chi connectivity index (χ3v) is 1.85. The Kier molecular flexibility index (Phi) is 3.38. The van der Waals surface area contributed by atoms with Gasteiger partial charge in [0.15, 0.2) is 0 Å². The van der Waals surface area contributed by atoms with Crippen molar-refractivity contribution in [2.45, 2.75) is 11.5 Å². The Morgan fingerprint density at radius 3 is 2.36 bits per heavy atom. The zero-order chi connectivity index (χ0) is 8.10. The molecule has 0 bridgehead atoms. The van der Waals surface area contributed by atoms with E-state index in [1.165, 1.54) is 11.9 Å². The Bertz CT molecular complexity index is 212. The van der Waals surface area contributed by atoms with Crippen LogP contribution in [0.2, 0.25) is 0 Å². The van der Waals surface area contributed by atoms with E-state index in [1.54, 1.807) is 0 Å². The van der Waals surface area contributed by atoms with E-state index in [0.29, 0.717) is 6.61 Å². The molecule has 0 aliphatic carbocycles. The molecule has 0 heterocycles. The van der Waals surface area contributed by atoms with Crippen LogP contribution in [0.1, 0.15) is 5.56 Å². The largest absolute Gasteiger partial charge is 0.300 e. The lowest BCUT2D eigenvalue weighted by Gasteiger charge is -1.99. The van der Waals surface area contributed by atoms with E-state index in [1.807, 2.05) is 24.3 Å². The molecule has 11 heavy (non-hydrogen) atoms. The highest BCUT2D eigenvalue weighted by Crippen LogP contribution is 2.12. The summed E-state index contributed by atoms with van der Waals surface area (Å²) in [6.45, 7) is 0.440. The molecule has 1 aromatic carbocycles. The maximum Gasteiger partial charge on any atom is 0.0930 e. The molecule has 0 aliphatic heterocycles. The molecule has 0 fully saturated rings. The summed E-state index contributed by atoms with van der Waals surface area (Å²) in [5.41, 5.74) is 1.05. The van der Waals surface area contributed by atoms with Crippen molar-refractivity contribution >= 4 is 11.9 Å². The summed E-state index contributed by atoms with van der Waals surface area (Å²) in [5.74, 6) is 4.90. The lowest BCUT2D eigenvalue weighted by Crippen LogP contribution is -1.98. The summed E-state index contributed by atoms with van der Waals surface area (Å²) in [7, 11) is 0. The molecule has 1 aromatic rings. The predicted octanol–water partition coefficient (Wildman–Crippen LogP) is 1.04. The van der Waals surface area contributed by atoms with Gasteiger partial charge >= 0.3 is 0 Å². The van der Waals surface area contributed by atoms with Gasteiger partial charge in [-0.25, -0.2) is 5.90 Å². The monoisotopic (exact) mass is 170 g/mol. The van der Waals surface area contributed by atoms with E-state index >= 15 is 0 Å². The third-order valence-electron chi connectivity index (χ3n) is 1.31. The van der Waals surface area contributed by atoms with E-state index in [-0.39, 0.29) is 0 Å². The minimum atomic E-state index is 0.440. The van der Waals surface area contributed by atoms with Crippen molar-refractivity contribution in [1.29, 1.82) is 0 Å². The van der Waals surface area contributed by atoms with Crippen molar-refractivity contribution in [2.24, 2.45) is 11.0 Å². The van der Waals surface area contributed by atoms with Crippen LogP contribution in [0.3, 0.4) is 0 Å². The average molecular weight is 170 g/mol. The van der Waals surface area contributed by atoms with Crippen molar-refractivity contribution in [1.82, 2.24) is 0 Å². The Labute approximate surface area is 69.8 Å². The third kappa shape index (κ3) is 2.51. The normalized spacial score (nSPS) is 10.0. The molecule has 0 spiro atoms. The van der Waals surface area contributed by atoms with Crippen LogP contribution >= 0.6 is 11.9 Å². The lowest BCUT2D eigenvalue weighted by molar-refractivity contribution is 0.124. The molecular formula is C7H10N2OS. The Morgan fingerprint density at radius 1 is 1.27 bits per heavy atom. The molecule has 0 saturated carbocycles. The highest BCUT2D eigenvalue weighted by Gasteiger charge is 1.91. The van der Waals surface area contributed by atoms with Crippen molar-refractivity contribution in [2.75, 3.05) is 0 Å². The molecule has 0 radical (unpaired) electrons. The minimum Gasteiger partial charge on any atom is -0.300 e. The maximum absolute atomic E-state index is 5.33. The van der Waals surface area contributed by atoms with E-state index < -0.39 is 0 Å². The van der Waals surface area contributed by atoms with Gasteiger partial charge in [-0.05, 0) is 29.6 Å². The second-order valence-electron chi connectivity index (χ2n) is 2.07. The van der Waals surface area contributed by atoms with E-state index in [0.717, 1.165) is 10.5 Å². The zero-order valence-electron chi connectivity index (χ0n) is 5.99. The summed E-state index contributed by atoms with van der Waals surface area (Å²) in [5, 5.41) is 5.33. The summed E-state index contributed by atoms with van der Waals surface area (Å²) in [6, 6.07) is 7.72. The molecule has 1 rings (SSSR count). The highest BCUT2D eigenvalue weighted by atomic mass is 32.2. The molecule has 0 aromatic heterocycles. The fourth-order valence-corrected chi connectivity index (χ4v) is 1.05. The van der Waals surface area contributed by atoms with Gasteiger partial charge in [-0.2, -0.15) is 0 Å². The molecule has 4 N–H and O–H groups in total. The Balaban J connectivity index is 2.66. The molecule has 0 amide bonds. The first-order valence-electron chi connectivity index (χ1n) is 3.14. The van der Waals surface area contributed by atoms with Gasteiger partial charge in [-0.1, -0.05) is 12.1 Å². The van der Waals surface area contributed by atoms with E-state index in [2.05, 4.69) is 4.84 Å². The molecule has 0 unspecified atom stereocenters. The first kappa shape index (κ1) is 8.55. The molecule has 0 aliphatic rings. The van der Waals surface area contributed by atoms with Crippen LogP contribution in [-0.2, 0) is 11.4 Å². The smallest absolute Gasteiger partial charge is 0.0930 e. The number of hydrogen-bond donors (Lipinski definition) is 2. The van der Waals surface area contributed by atoms with Crippen molar-refractivity contribution < 1.29 is 4.84 Å². The summed E-state index contributed by atoms with van der Waals surface area (Å²) < 4.78 is 0. The lowest BCUT2D eigenvalue weighted by atomic mass is 10.2. The first-order valence-corrected chi connectivity index (χ1v) is 4.02. The van der Waals surface area contributed by atoms with Crippen LogP contribution in [-0.4, -0.2) is 0 Å². The van der Waals surface area contributed by atoms with Gasteiger partial charge in [0.25, 0.3) is 0 Å². The van der Waals surface area contributed by atoms with Crippen LogP contribution in [0, 0.1) is 0 Å². The minimum absolute atomic E-state index is 0.440. The van der Waals surface area contributed by atoms with Crippen molar-refractivity contribution in [3.63, 3.8) is 0 Å². The standard InChI is InChI=1S/C7H10N2OS/c8-10-5-6-1-3-7(11-9)4-2-6/h1-4H,5,8-9H2. The molecule has 4 heteroatoms. The Morgan fingerprint density at radius 2 is 1.91 bits per heavy atom. The van der Waals surface area contributed by atoms with Crippen LogP contribution in [0.5, 0.6) is 0 Å². The van der Waals surface area contributed by atoms with Crippen LogP contribution in [0.15, 0.2) is 29.2 Å². The number of hydrogen-bond acceptors (Lipinski definition) is 4. The van der Waals surface area contributed by atoms with Crippen LogP contribution < -0.4 is 11.0 Å². The van der Waals surface area contributed by atoms with Gasteiger partial charge in [-0.15, -0.1) is 0 Å². The van der Waals surface area contributed by atoms with Crippen molar-refractivity contribution in [3.05, 3.63) is 29.8 Å². The number of nitrogens with two attached hydrogens (primary N) is 2. The molecule has 0 atom stereocenters. The fourth-order valence-electron chi connectivity index (χ4n) is 0.760. The summed E-state index contributed by atoms with van der Waals surface area (Å²) >= 11 is 1.22. The van der Waals surface area contributed by atoms with Crippen LogP contribution in [0.4, 0.5) is 0 Å². The SMILES string of the molecule is NOCc1ccc(SN)cc1. The molecule has 3 nitrogen and oxygen atoms in total. The number of benzene rings is 1. The molecular weight excluding hydrogens is 160 g/mol. The van der Waals surface area contributed by atoms with E-state index in [9.17, 15) is 0 Å². The zero-order valence-corrected chi connectivity index (χ0v) is 6.80. The second kappa shape index (κ2) is 4.35. The van der Waals surface area contributed by atoms with Gasteiger partial charge in [0.1, 0.15) is 0 Å². The van der Waals surface area contributed by atoms with Crippen molar-refractivity contribution in [3.8, 4) is 0 Å². The average Bonchev–Trinajstić information content (AvgIpc) is 2.07. The topological polar surface area (TPSA) is 61.3 Å². The second-order valence-corrected chi connectivity index (χ2v) is 2.78. The Hall–Kier alpha value is -0.550. The summed E-state index contributed by atoms with van der Waals surface area (Å²) in [4.78, 5) is 5.50. The van der Waals surface area contributed by atoms with Gasteiger partial charge in [0.2, 0.25) is 0 Å². The first-order chi connectivity index (χ1) is 5.36. The maximum atomic E-state index is 5.33. The molecule has 0 saturated heterocycles. The van der Waals surface area contributed by atoms with Gasteiger partial charge in [0, 0.05) is 4.90 Å². The quantitative estimate of drug-likeness (QED) is 0.525. The predicted molar refractivity (Wildman–Crippen MR) is 45.5 cm³/mol.